The quantitative estimate of drug-likeness (QED) is 0.916. The number of rotatable bonds is 2. The molecule has 0 amide bonds. The van der Waals surface area contributed by atoms with Crippen molar-refractivity contribution in [3.8, 4) is 0 Å². The van der Waals surface area contributed by atoms with Crippen LogP contribution in [0.2, 0.25) is 0 Å². The Morgan fingerprint density at radius 1 is 1.45 bits per heavy atom. The van der Waals surface area contributed by atoms with Crippen LogP contribution >= 0.6 is 0 Å². The molecular weight excluding hydrogens is 273 g/mol. The summed E-state index contributed by atoms with van der Waals surface area (Å²) in [6, 6.07) is -0.268. The normalized spacial score (nSPS) is 18.7. The van der Waals surface area contributed by atoms with Gasteiger partial charge in [-0.25, -0.2) is 4.68 Å². The first kappa shape index (κ1) is 12.9. The van der Waals surface area contributed by atoms with E-state index in [1.807, 2.05) is 13.1 Å². The Morgan fingerprint density at radius 3 is 2.90 bits per heavy atom. The number of nitrogens with one attached hydrogen (secondary N) is 1. The summed E-state index contributed by atoms with van der Waals surface area (Å²) >= 11 is 0. The maximum absolute atomic E-state index is 12.7. The van der Waals surface area contributed by atoms with E-state index in [-0.39, 0.29) is 12.0 Å². The molecule has 0 spiro atoms. The Morgan fingerprint density at radius 2 is 2.25 bits per heavy atom. The summed E-state index contributed by atoms with van der Waals surface area (Å²) in [5, 5.41) is 10.6. The lowest BCUT2D eigenvalue weighted by molar-refractivity contribution is -0.145. The van der Waals surface area contributed by atoms with Crippen molar-refractivity contribution in [2.75, 3.05) is 11.9 Å². The van der Waals surface area contributed by atoms with Gasteiger partial charge < -0.3 is 5.32 Å². The minimum absolute atomic E-state index is 0.151. The summed E-state index contributed by atoms with van der Waals surface area (Å²) in [6.45, 7) is 3.21. The molecule has 9 heteroatoms. The predicted molar refractivity (Wildman–Crippen MR) is 64.2 cm³/mol. The van der Waals surface area contributed by atoms with Crippen LogP contribution < -0.4 is 5.32 Å². The zero-order chi connectivity index (χ0) is 14.3. The molecule has 20 heavy (non-hydrogen) atoms. The van der Waals surface area contributed by atoms with Gasteiger partial charge in [0.2, 0.25) is 5.95 Å². The summed E-state index contributed by atoms with van der Waals surface area (Å²) in [6.07, 6.45) is -0.403. The third-order valence-electron chi connectivity index (χ3n) is 3.24. The zero-order valence-electron chi connectivity index (χ0n) is 10.7. The average molecular weight is 286 g/mol. The maximum atomic E-state index is 12.7. The lowest BCUT2D eigenvalue weighted by Gasteiger charge is -2.23. The Labute approximate surface area is 112 Å². The van der Waals surface area contributed by atoms with Gasteiger partial charge in [0.05, 0.1) is 12.2 Å². The second-order valence-corrected chi connectivity index (χ2v) is 4.56. The standard InChI is InChI=1S/C11H13F3N6/c1-2-19-6-7(5-16-19)8-3-4-15-10-17-9(11(12,13)14)18-20(8)10/h5-6,8H,2-4H2,1H3,(H,15,17,18). The molecule has 1 unspecified atom stereocenters. The molecule has 1 aliphatic rings. The first-order valence-corrected chi connectivity index (χ1v) is 6.29. The van der Waals surface area contributed by atoms with Crippen molar-refractivity contribution in [3.63, 3.8) is 0 Å². The van der Waals surface area contributed by atoms with Crippen LogP contribution in [0.5, 0.6) is 0 Å². The first-order valence-electron chi connectivity index (χ1n) is 6.29. The van der Waals surface area contributed by atoms with Crippen LogP contribution in [-0.4, -0.2) is 31.1 Å². The fraction of sp³-hybridized carbons (Fsp3) is 0.545. The molecule has 2 aromatic heterocycles. The van der Waals surface area contributed by atoms with E-state index in [1.165, 1.54) is 4.68 Å². The van der Waals surface area contributed by atoms with E-state index in [1.54, 1.807) is 10.9 Å². The summed E-state index contributed by atoms with van der Waals surface area (Å²) in [5.74, 6) is -0.965. The lowest BCUT2D eigenvalue weighted by Crippen LogP contribution is -2.24. The molecule has 108 valence electrons. The van der Waals surface area contributed by atoms with E-state index in [2.05, 4.69) is 20.5 Å². The van der Waals surface area contributed by atoms with E-state index in [9.17, 15) is 13.2 Å². The highest BCUT2D eigenvalue weighted by molar-refractivity contribution is 5.32. The summed E-state index contributed by atoms with van der Waals surface area (Å²) in [4.78, 5) is 3.51. The fourth-order valence-electron chi connectivity index (χ4n) is 2.26. The largest absolute Gasteiger partial charge is 0.453 e. The highest BCUT2D eigenvalue weighted by atomic mass is 19.4. The zero-order valence-corrected chi connectivity index (χ0v) is 10.7. The van der Waals surface area contributed by atoms with Crippen molar-refractivity contribution in [2.24, 2.45) is 0 Å². The van der Waals surface area contributed by atoms with Gasteiger partial charge in [-0.2, -0.15) is 23.3 Å². The molecule has 0 aromatic carbocycles. The fourth-order valence-corrected chi connectivity index (χ4v) is 2.26. The average Bonchev–Trinajstić information content (AvgIpc) is 3.04. The molecule has 6 nitrogen and oxygen atoms in total. The number of halogens is 3. The topological polar surface area (TPSA) is 60.6 Å². The molecule has 0 fully saturated rings. The van der Waals surface area contributed by atoms with Crippen molar-refractivity contribution in [3.05, 3.63) is 23.8 Å². The van der Waals surface area contributed by atoms with Gasteiger partial charge in [-0.15, -0.1) is 5.10 Å². The monoisotopic (exact) mass is 286 g/mol. The van der Waals surface area contributed by atoms with E-state index in [0.717, 1.165) is 5.56 Å². The van der Waals surface area contributed by atoms with E-state index in [4.69, 9.17) is 0 Å². The van der Waals surface area contributed by atoms with Crippen LogP contribution in [0.4, 0.5) is 19.1 Å². The van der Waals surface area contributed by atoms with Crippen LogP contribution in [0.1, 0.15) is 30.8 Å². The van der Waals surface area contributed by atoms with Gasteiger partial charge in [0.1, 0.15) is 0 Å². The number of aryl methyl sites for hydroxylation is 1. The minimum Gasteiger partial charge on any atom is -0.354 e. The SMILES string of the molecule is CCn1cc(C2CCNc3nc(C(F)(F)F)nn32)cn1. The van der Waals surface area contributed by atoms with E-state index >= 15 is 0 Å². The third-order valence-corrected chi connectivity index (χ3v) is 3.24. The smallest absolute Gasteiger partial charge is 0.354 e. The molecule has 0 saturated carbocycles. The molecular formula is C11H13F3N6. The minimum atomic E-state index is -4.54. The van der Waals surface area contributed by atoms with Crippen LogP contribution in [0.25, 0.3) is 0 Å². The van der Waals surface area contributed by atoms with Gasteiger partial charge in [-0.3, -0.25) is 4.68 Å². The number of aromatic nitrogens is 5. The second-order valence-electron chi connectivity index (χ2n) is 4.56. The van der Waals surface area contributed by atoms with E-state index in [0.29, 0.717) is 19.5 Å². The lowest BCUT2D eigenvalue weighted by atomic mass is 10.1. The van der Waals surface area contributed by atoms with Gasteiger partial charge in [0.15, 0.2) is 0 Å². The number of fused-ring (bicyclic) bond motifs is 1. The van der Waals surface area contributed by atoms with Gasteiger partial charge in [0, 0.05) is 24.8 Å². The predicted octanol–water partition coefficient (Wildman–Crippen LogP) is 1.92. The Balaban J connectivity index is 1.99. The number of nitrogens with zero attached hydrogens (tertiary/aromatic N) is 5. The van der Waals surface area contributed by atoms with Crippen LogP contribution in [0, 0.1) is 0 Å². The highest BCUT2D eigenvalue weighted by Crippen LogP contribution is 2.32. The van der Waals surface area contributed by atoms with Crippen LogP contribution in [0.3, 0.4) is 0 Å². The van der Waals surface area contributed by atoms with E-state index < -0.39 is 12.0 Å². The molecule has 3 rings (SSSR count). The molecule has 0 bridgehead atoms. The number of anilines is 1. The maximum Gasteiger partial charge on any atom is 0.453 e. The number of hydrogen-bond acceptors (Lipinski definition) is 4. The van der Waals surface area contributed by atoms with Gasteiger partial charge >= 0.3 is 6.18 Å². The summed E-state index contributed by atoms with van der Waals surface area (Å²) in [7, 11) is 0. The van der Waals surface area contributed by atoms with Crippen molar-refractivity contribution >= 4 is 5.95 Å². The molecule has 0 saturated heterocycles. The molecule has 1 aliphatic heterocycles. The molecule has 0 radical (unpaired) electrons. The molecule has 2 aromatic rings. The van der Waals surface area contributed by atoms with Crippen molar-refractivity contribution in [1.82, 2.24) is 24.5 Å². The first-order chi connectivity index (χ1) is 9.49. The summed E-state index contributed by atoms with van der Waals surface area (Å²) < 4.78 is 41.1. The van der Waals surface area contributed by atoms with Crippen LogP contribution in [0.15, 0.2) is 12.4 Å². The highest BCUT2D eigenvalue weighted by Gasteiger charge is 2.39. The van der Waals surface area contributed by atoms with Crippen LogP contribution in [-0.2, 0) is 12.7 Å². The van der Waals surface area contributed by atoms with Gasteiger partial charge in [-0.1, -0.05) is 0 Å². The number of hydrogen-bond donors (Lipinski definition) is 1. The molecule has 3 heterocycles. The molecule has 1 atom stereocenters. The third kappa shape index (κ3) is 2.12. The summed E-state index contributed by atoms with van der Waals surface area (Å²) in [5.41, 5.74) is 0.841. The Hall–Kier alpha value is -2.06. The Kier molecular flexibility index (Phi) is 2.91. The van der Waals surface area contributed by atoms with Crippen molar-refractivity contribution in [1.29, 1.82) is 0 Å². The van der Waals surface area contributed by atoms with Gasteiger partial charge in [-0.05, 0) is 13.3 Å². The van der Waals surface area contributed by atoms with Gasteiger partial charge in [0.25, 0.3) is 5.82 Å². The van der Waals surface area contributed by atoms with Crippen molar-refractivity contribution < 1.29 is 13.2 Å². The van der Waals surface area contributed by atoms with Crippen molar-refractivity contribution in [2.45, 2.75) is 32.1 Å². The second kappa shape index (κ2) is 4.50. The molecule has 0 aliphatic carbocycles. The number of alkyl halides is 3. The molecule has 1 N–H and O–H groups in total. The Bertz CT molecular complexity index is 614.